The first-order valence-electron chi connectivity index (χ1n) is 14.3. The van der Waals surface area contributed by atoms with E-state index in [4.69, 9.17) is 16.3 Å². The number of carbonyl (C=O) groups is 4. The molecular formula is C35H25ClN2O5. The SMILES string of the molecule is O=C(Oc1ccc(N2C(=O)[C@@H]3C4c5ccccc5C(c5ccccc54)[C@@H]3C2=O)cc1)[C@@H]1CC(=O)N(c2ccccc2Cl)C1. The molecule has 2 aliphatic heterocycles. The predicted molar refractivity (Wildman–Crippen MR) is 160 cm³/mol. The molecule has 2 saturated heterocycles. The zero-order valence-electron chi connectivity index (χ0n) is 22.9. The number of halogens is 1. The lowest BCUT2D eigenvalue weighted by Gasteiger charge is -2.45. The molecule has 0 unspecified atom stereocenters. The first-order valence-corrected chi connectivity index (χ1v) is 14.7. The molecule has 5 aliphatic rings. The number of ether oxygens (including phenoxy) is 1. The van der Waals surface area contributed by atoms with Crippen LogP contribution in [0.3, 0.4) is 0 Å². The molecule has 2 bridgehead atoms. The fourth-order valence-corrected chi connectivity index (χ4v) is 7.80. The maximum Gasteiger partial charge on any atom is 0.316 e. The molecule has 3 aliphatic carbocycles. The van der Waals surface area contributed by atoms with Gasteiger partial charge in [-0.2, -0.15) is 0 Å². The van der Waals surface area contributed by atoms with Gasteiger partial charge in [-0.3, -0.25) is 19.2 Å². The number of amides is 3. The lowest BCUT2D eigenvalue weighted by Crippen LogP contribution is -2.41. The summed E-state index contributed by atoms with van der Waals surface area (Å²) < 4.78 is 5.62. The number of esters is 1. The Morgan fingerprint density at radius 1 is 0.698 bits per heavy atom. The molecule has 0 N–H and O–H groups in total. The maximum absolute atomic E-state index is 14.0. The molecule has 3 amide bonds. The molecule has 8 heteroatoms. The Bertz CT molecular complexity index is 1740. The van der Waals surface area contributed by atoms with Gasteiger partial charge in [-0.1, -0.05) is 72.3 Å². The van der Waals surface area contributed by atoms with Crippen LogP contribution in [0.4, 0.5) is 11.4 Å². The monoisotopic (exact) mass is 588 g/mol. The van der Waals surface area contributed by atoms with Crippen molar-refractivity contribution in [1.29, 1.82) is 0 Å². The second kappa shape index (κ2) is 9.64. The number of carbonyl (C=O) groups excluding carboxylic acids is 4. The highest BCUT2D eigenvalue weighted by Gasteiger charge is 2.61. The molecule has 9 rings (SSSR count). The fourth-order valence-electron chi connectivity index (χ4n) is 7.56. The number of hydrogen-bond acceptors (Lipinski definition) is 5. The van der Waals surface area contributed by atoms with Crippen LogP contribution in [0.1, 0.15) is 40.5 Å². The second-order valence-corrected chi connectivity index (χ2v) is 12.0. The van der Waals surface area contributed by atoms with Gasteiger partial charge < -0.3 is 9.64 Å². The molecule has 7 nitrogen and oxygen atoms in total. The molecule has 0 aromatic heterocycles. The summed E-state index contributed by atoms with van der Waals surface area (Å²) in [6.07, 6.45) is 0.0226. The predicted octanol–water partition coefficient (Wildman–Crippen LogP) is 5.70. The number of nitrogens with zero attached hydrogens (tertiary/aromatic N) is 2. The van der Waals surface area contributed by atoms with Gasteiger partial charge in [-0.05, 0) is 58.7 Å². The van der Waals surface area contributed by atoms with Crippen LogP contribution in [0.15, 0.2) is 97.1 Å². The zero-order valence-corrected chi connectivity index (χ0v) is 23.6. The highest BCUT2D eigenvalue weighted by atomic mass is 35.5. The number of hydrogen-bond donors (Lipinski definition) is 0. The van der Waals surface area contributed by atoms with Gasteiger partial charge in [0.2, 0.25) is 17.7 Å². The molecule has 2 fully saturated rings. The van der Waals surface area contributed by atoms with E-state index in [1.165, 1.54) is 9.80 Å². The van der Waals surface area contributed by atoms with Crippen LogP contribution in [-0.4, -0.2) is 30.2 Å². The summed E-state index contributed by atoms with van der Waals surface area (Å²) in [6, 6.07) is 29.7. The summed E-state index contributed by atoms with van der Waals surface area (Å²) in [5, 5.41) is 0.437. The normalized spacial score (nSPS) is 25.0. The molecule has 3 atom stereocenters. The molecule has 0 saturated carbocycles. The van der Waals surface area contributed by atoms with Gasteiger partial charge in [0.25, 0.3) is 0 Å². The molecular weight excluding hydrogens is 564 g/mol. The first kappa shape index (κ1) is 25.9. The number of rotatable bonds is 4. The molecule has 43 heavy (non-hydrogen) atoms. The third kappa shape index (κ3) is 3.81. The van der Waals surface area contributed by atoms with Crippen molar-refractivity contribution < 1.29 is 23.9 Å². The molecule has 0 radical (unpaired) electrons. The number of anilines is 2. The number of benzene rings is 4. The fraction of sp³-hybridized carbons (Fsp3) is 0.200. The van der Waals surface area contributed by atoms with Gasteiger partial charge in [0, 0.05) is 24.8 Å². The highest BCUT2D eigenvalue weighted by Crippen LogP contribution is 2.61. The summed E-state index contributed by atoms with van der Waals surface area (Å²) in [6.45, 7) is 0.173. The minimum Gasteiger partial charge on any atom is -0.426 e. The van der Waals surface area contributed by atoms with Crippen LogP contribution in [-0.2, 0) is 19.2 Å². The standard InChI is InChI=1S/C35H25ClN2O5/c36-26-11-5-6-12-27(26)37-18-19(17-28(37)39)35(42)43-21-15-13-20(14-16-21)38-33(40)31-29-22-7-1-2-8-23(22)30(32(31)34(38)41)25-10-4-3-9-24(25)29/h1-16,19,29-32H,17-18H2/t19-,29?,30?,31-,32+/m1/s1. The van der Waals surface area contributed by atoms with Crippen molar-refractivity contribution >= 4 is 46.7 Å². The van der Waals surface area contributed by atoms with E-state index in [2.05, 4.69) is 24.3 Å². The van der Waals surface area contributed by atoms with Crippen molar-refractivity contribution in [2.45, 2.75) is 18.3 Å². The third-order valence-corrected chi connectivity index (χ3v) is 9.68. The van der Waals surface area contributed by atoms with E-state index in [-0.39, 0.29) is 48.3 Å². The molecule has 2 heterocycles. The molecule has 4 aromatic rings. The van der Waals surface area contributed by atoms with E-state index in [1.807, 2.05) is 24.3 Å². The van der Waals surface area contributed by atoms with Gasteiger partial charge in [-0.25, -0.2) is 4.90 Å². The van der Waals surface area contributed by atoms with E-state index < -0.39 is 23.7 Å². The van der Waals surface area contributed by atoms with Crippen LogP contribution in [0.25, 0.3) is 0 Å². The second-order valence-electron chi connectivity index (χ2n) is 11.5. The largest absolute Gasteiger partial charge is 0.426 e. The molecule has 212 valence electrons. The average molecular weight is 589 g/mol. The van der Waals surface area contributed by atoms with Gasteiger partial charge in [0.05, 0.1) is 34.2 Å². The topological polar surface area (TPSA) is 84.0 Å². The highest BCUT2D eigenvalue weighted by molar-refractivity contribution is 6.34. The van der Waals surface area contributed by atoms with Gasteiger partial charge >= 0.3 is 5.97 Å². The average Bonchev–Trinajstić information content (AvgIpc) is 3.54. The number of imide groups is 1. The first-order chi connectivity index (χ1) is 20.9. The molecule has 0 spiro atoms. The maximum atomic E-state index is 14.0. The molecule has 4 aromatic carbocycles. The van der Waals surface area contributed by atoms with Gasteiger partial charge in [-0.15, -0.1) is 0 Å². The summed E-state index contributed by atoms with van der Waals surface area (Å²) in [5.74, 6) is -2.81. The smallest absolute Gasteiger partial charge is 0.316 e. The third-order valence-electron chi connectivity index (χ3n) is 9.36. The van der Waals surface area contributed by atoms with Crippen molar-refractivity contribution in [3.63, 3.8) is 0 Å². The van der Waals surface area contributed by atoms with E-state index in [1.54, 1.807) is 48.5 Å². The Morgan fingerprint density at radius 2 is 1.21 bits per heavy atom. The van der Waals surface area contributed by atoms with Crippen molar-refractivity contribution in [2.24, 2.45) is 17.8 Å². The Kier molecular flexibility index (Phi) is 5.81. The van der Waals surface area contributed by atoms with E-state index >= 15 is 0 Å². The van der Waals surface area contributed by atoms with Crippen molar-refractivity contribution in [3.05, 3.63) is 124 Å². The van der Waals surface area contributed by atoms with Crippen molar-refractivity contribution in [3.8, 4) is 5.75 Å². The Labute approximate surface area is 252 Å². The van der Waals surface area contributed by atoms with Crippen LogP contribution in [0.5, 0.6) is 5.75 Å². The van der Waals surface area contributed by atoms with Crippen LogP contribution >= 0.6 is 11.6 Å². The van der Waals surface area contributed by atoms with Crippen molar-refractivity contribution in [2.75, 3.05) is 16.3 Å². The number of para-hydroxylation sites is 1. The Balaban J connectivity index is 1.02. The summed E-state index contributed by atoms with van der Waals surface area (Å²) in [5.41, 5.74) is 5.49. The Hall–Kier alpha value is -4.75. The summed E-state index contributed by atoms with van der Waals surface area (Å²) in [4.78, 5) is 56.4. The van der Waals surface area contributed by atoms with Gasteiger partial charge in [0.15, 0.2) is 0 Å². The lowest BCUT2D eigenvalue weighted by atomic mass is 9.55. The minimum absolute atomic E-state index is 0.0226. The van der Waals surface area contributed by atoms with Crippen LogP contribution in [0, 0.1) is 17.8 Å². The van der Waals surface area contributed by atoms with E-state index in [0.717, 1.165) is 22.3 Å². The summed E-state index contributed by atoms with van der Waals surface area (Å²) in [7, 11) is 0. The van der Waals surface area contributed by atoms with E-state index in [0.29, 0.717) is 16.4 Å². The van der Waals surface area contributed by atoms with Crippen LogP contribution < -0.4 is 14.5 Å². The Morgan fingerprint density at radius 3 is 1.74 bits per heavy atom. The van der Waals surface area contributed by atoms with Crippen LogP contribution in [0.2, 0.25) is 5.02 Å². The zero-order chi connectivity index (χ0) is 29.4. The quantitative estimate of drug-likeness (QED) is 0.174. The van der Waals surface area contributed by atoms with Gasteiger partial charge in [0.1, 0.15) is 5.75 Å². The van der Waals surface area contributed by atoms with Crippen molar-refractivity contribution in [1.82, 2.24) is 0 Å². The van der Waals surface area contributed by atoms with E-state index in [9.17, 15) is 19.2 Å². The summed E-state index contributed by atoms with van der Waals surface area (Å²) >= 11 is 6.26. The lowest BCUT2D eigenvalue weighted by molar-refractivity contribution is -0.139. The minimum atomic E-state index is -0.646.